The predicted molar refractivity (Wildman–Crippen MR) is 40.9 cm³/mol. The van der Waals surface area contributed by atoms with Gasteiger partial charge in [0.2, 0.25) is 0 Å². The van der Waals surface area contributed by atoms with Crippen LogP contribution in [0.3, 0.4) is 0 Å². The third-order valence-corrected chi connectivity index (χ3v) is 1.35. The van der Waals surface area contributed by atoms with Crippen LogP contribution in [0.1, 0.15) is 13.3 Å². The van der Waals surface area contributed by atoms with Crippen molar-refractivity contribution in [1.29, 1.82) is 0 Å². The van der Waals surface area contributed by atoms with Crippen molar-refractivity contribution in [2.24, 2.45) is 11.7 Å². The molecule has 4 nitrogen and oxygen atoms in total. The fourth-order valence-corrected chi connectivity index (χ4v) is 0.678. The Morgan fingerprint density at radius 3 is 2.73 bits per heavy atom. The summed E-state index contributed by atoms with van der Waals surface area (Å²) in [6.45, 7) is 2.38. The topological polar surface area (TPSA) is 72.5 Å². The van der Waals surface area contributed by atoms with Crippen LogP contribution in [0.5, 0.6) is 0 Å². The molecule has 0 aliphatic carbocycles. The number of ether oxygens (including phenoxy) is 1. The Labute approximate surface area is 66.3 Å². The van der Waals surface area contributed by atoms with Gasteiger partial charge in [0.15, 0.2) is 0 Å². The van der Waals surface area contributed by atoms with Gasteiger partial charge in [-0.25, -0.2) is 0 Å². The highest BCUT2D eigenvalue weighted by Gasteiger charge is 2.11. The zero-order valence-corrected chi connectivity index (χ0v) is 6.75. The van der Waals surface area contributed by atoms with Crippen molar-refractivity contribution in [3.8, 4) is 0 Å². The van der Waals surface area contributed by atoms with E-state index in [1.807, 2.05) is 0 Å². The summed E-state index contributed by atoms with van der Waals surface area (Å²) in [5, 5.41) is 8.66. The molecule has 4 heteroatoms. The lowest BCUT2D eigenvalue weighted by molar-refractivity contribution is -0.144. The van der Waals surface area contributed by atoms with Crippen LogP contribution in [0.2, 0.25) is 0 Å². The van der Waals surface area contributed by atoms with Gasteiger partial charge in [-0.15, -0.1) is 0 Å². The lowest BCUT2D eigenvalue weighted by Gasteiger charge is -2.09. The fourth-order valence-electron chi connectivity index (χ4n) is 0.678. The van der Waals surface area contributed by atoms with Crippen molar-refractivity contribution in [3.05, 3.63) is 0 Å². The first kappa shape index (κ1) is 10.4. The highest BCUT2D eigenvalue weighted by Crippen LogP contribution is 2.00. The van der Waals surface area contributed by atoms with Gasteiger partial charge >= 0.3 is 5.97 Å². The number of esters is 1. The van der Waals surface area contributed by atoms with E-state index in [1.165, 1.54) is 0 Å². The van der Waals surface area contributed by atoms with Gasteiger partial charge in [0, 0.05) is 12.5 Å². The van der Waals surface area contributed by atoms with Crippen LogP contribution < -0.4 is 5.73 Å². The van der Waals surface area contributed by atoms with E-state index < -0.39 is 0 Å². The van der Waals surface area contributed by atoms with Gasteiger partial charge in [-0.2, -0.15) is 0 Å². The van der Waals surface area contributed by atoms with E-state index in [1.54, 1.807) is 6.92 Å². The third-order valence-electron chi connectivity index (χ3n) is 1.35. The zero-order chi connectivity index (χ0) is 8.69. The highest BCUT2D eigenvalue weighted by molar-refractivity contribution is 5.69. The van der Waals surface area contributed by atoms with Crippen molar-refractivity contribution in [3.63, 3.8) is 0 Å². The Balaban J connectivity index is 3.54. The second kappa shape index (κ2) is 6.12. The average molecular weight is 161 g/mol. The minimum atomic E-state index is -0.294. The maximum atomic E-state index is 10.8. The largest absolute Gasteiger partial charge is 0.466 e. The maximum Gasteiger partial charge on any atom is 0.306 e. The van der Waals surface area contributed by atoms with Gasteiger partial charge in [-0.3, -0.25) is 4.79 Å². The average Bonchev–Trinajstić information content (AvgIpc) is 2.01. The lowest BCUT2D eigenvalue weighted by Crippen LogP contribution is -2.22. The van der Waals surface area contributed by atoms with Crippen molar-refractivity contribution in [1.82, 2.24) is 0 Å². The molecule has 0 spiro atoms. The second-order valence-corrected chi connectivity index (χ2v) is 2.29. The summed E-state index contributed by atoms with van der Waals surface area (Å²) in [7, 11) is 0. The Morgan fingerprint density at radius 1 is 1.73 bits per heavy atom. The summed E-state index contributed by atoms with van der Waals surface area (Å²) in [6.07, 6.45) is 0.209. The molecule has 0 radical (unpaired) electrons. The van der Waals surface area contributed by atoms with Crippen LogP contribution in [-0.4, -0.2) is 30.8 Å². The number of rotatable bonds is 5. The smallest absolute Gasteiger partial charge is 0.306 e. The number of hydrogen-bond donors (Lipinski definition) is 2. The number of nitrogens with two attached hydrogens (primary N) is 1. The molecule has 0 amide bonds. The molecule has 3 N–H and O–H groups in total. The molecule has 11 heavy (non-hydrogen) atoms. The van der Waals surface area contributed by atoms with Gasteiger partial charge in [0.05, 0.1) is 13.0 Å². The minimum Gasteiger partial charge on any atom is -0.466 e. The molecule has 0 aromatic carbocycles. The molecule has 1 unspecified atom stereocenters. The van der Waals surface area contributed by atoms with Crippen molar-refractivity contribution in [2.45, 2.75) is 13.3 Å². The second-order valence-electron chi connectivity index (χ2n) is 2.29. The third kappa shape index (κ3) is 4.75. The molecule has 0 heterocycles. The number of aliphatic hydroxyl groups excluding tert-OH is 1. The first-order chi connectivity index (χ1) is 5.24. The molecule has 0 aromatic rings. The predicted octanol–water partition coefficient (Wildman–Crippen LogP) is -0.493. The Bertz CT molecular complexity index is 112. The normalized spacial score (nSPS) is 12.6. The lowest BCUT2D eigenvalue weighted by atomic mass is 10.1. The Hall–Kier alpha value is -0.610. The van der Waals surface area contributed by atoms with Gasteiger partial charge in [0.1, 0.15) is 0 Å². The van der Waals surface area contributed by atoms with Crippen LogP contribution >= 0.6 is 0 Å². The quantitative estimate of drug-likeness (QED) is 0.533. The molecule has 66 valence electrons. The molecule has 0 saturated carbocycles. The number of carbonyl (C=O) groups is 1. The van der Waals surface area contributed by atoms with E-state index in [2.05, 4.69) is 4.74 Å². The first-order valence-electron chi connectivity index (χ1n) is 3.71. The SMILES string of the molecule is CCOC(=O)CC(CN)CO. The van der Waals surface area contributed by atoms with Crippen LogP contribution in [0.4, 0.5) is 0 Å². The fraction of sp³-hybridized carbons (Fsp3) is 0.857. The van der Waals surface area contributed by atoms with Gasteiger partial charge in [-0.05, 0) is 13.5 Å². The Kier molecular flexibility index (Phi) is 5.78. The van der Waals surface area contributed by atoms with E-state index in [-0.39, 0.29) is 24.9 Å². The maximum absolute atomic E-state index is 10.8. The van der Waals surface area contributed by atoms with Crippen molar-refractivity contribution < 1.29 is 14.6 Å². The van der Waals surface area contributed by atoms with Gasteiger partial charge < -0.3 is 15.6 Å². The molecule has 0 rings (SSSR count). The number of carbonyl (C=O) groups excluding carboxylic acids is 1. The van der Waals surface area contributed by atoms with Crippen LogP contribution in [0.25, 0.3) is 0 Å². The molecule has 0 aromatic heterocycles. The molecule has 0 saturated heterocycles. The molecule has 0 bridgehead atoms. The van der Waals surface area contributed by atoms with Crippen molar-refractivity contribution in [2.75, 3.05) is 19.8 Å². The van der Waals surface area contributed by atoms with E-state index in [0.29, 0.717) is 13.2 Å². The molecular weight excluding hydrogens is 146 g/mol. The van der Waals surface area contributed by atoms with Crippen molar-refractivity contribution >= 4 is 5.97 Å². The molecule has 0 aliphatic heterocycles. The summed E-state index contributed by atoms with van der Waals surface area (Å²) >= 11 is 0. The molecule has 0 fully saturated rings. The van der Waals surface area contributed by atoms with Crippen LogP contribution in [-0.2, 0) is 9.53 Å². The summed E-state index contributed by atoms with van der Waals surface area (Å²) in [5.41, 5.74) is 5.26. The molecule has 1 atom stereocenters. The van der Waals surface area contributed by atoms with Gasteiger partial charge in [0.25, 0.3) is 0 Å². The minimum absolute atomic E-state index is 0.0602. The van der Waals surface area contributed by atoms with Crippen LogP contribution in [0.15, 0.2) is 0 Å². The number of hydrogen-bond acceptors (Lipinski definition) is 4. The molecule has 0 aliphatic rings. The van der Waals surface area contributed by atoms with Gasteiger partial charge in [-0.1, -0.05) is 0 Å². The van der Waals surface area contributed by atoms with E-state index in [4.69, 9.17) is 10.8 Å². The van der Waals surface area contributed by atoms with E-state index >= 15 is 0 Å². The molecular formula is C7H15NO3. The van der Waals surface area contributed by atoms with Crippen LogP contribution in [0, 0.1) is 5.92 Å². The Morgan fingerprint density at radius 2 is 2.36 bits per heavy atom. The van der Waals surface area contributed by atoms with E-state index in [0.717, 1.165) is 0 Å². The summed E-state index contributed by atoms with van der Waals surface area (Å²) in [5.74, 6) is -0.453. The summed E-state index contributed by atoms with van der Waals surface area (Å²) < 4.78 is 4.67. The zero-order valence-electron chi connectivity index (χ0n) is 6.75. The highest BCUT2D eigenvalue weighted by atomic mass is 16.5. The summed E-state index contributed by atoms with van der Waals surface area (Å²) in [4.78, 5) is 10.8. The number of aliphatic hydroxyl groups is 1. The summed E-state index contributed by atoms with van der Waals surface area (Å²) in [6, 6.07) is 0. The first-order valence-corrected chi connectivity index (χ1v) is 3.71. The standard InChI is InChI=1S/C7H15NO3/c1-2-11-7(10)3-6(4-8)5-9/h6,9H,2-5,8H2,1H3. The monoisotopic (exact) mass is 161 g/mol. The van der Waals surface area contributed by atoms with E-state index in [9.17, 15) is 4.79 Å².